The lowest BCUT2D eigenvalue weighted by Crippen LogP contribution is -2.26. The van der Waals surface area contributed by atoms with Crippen LogP contribution in [0.15, 0.2) is 0 Å². The molecule has 1 rings (SSSR count). The van der Waals surface area contributed by atoms with E-state index in [2.05, 4.69) is 22.0 Å². The SMILES string of the molecule is CCN(CCOC)c1n[nH]c(=S)s1. The van der Waals surface area contributed by atoms with Gasteiger partial charge in [-0.05, 0) is 19.1 Å². The summed E-state index contributed by atoms with van der Waals surface area (Å²) in [5.74, 6) is 0. The van der Waals surface area contributed by atoms with Crippen molar-refractivity contribution in [3.63, 3.8) is 0 Å². The molecule has 0 spiro atoms. The fraction of sp³-hybridized carbons (Fsp3) is 0.714. The van der Waals surface area contributed by atoms with Crippen LogP contribution >= 0.6 is 23.6 Å². The van der Waals surface area contributed by atoms with E-state index >= 15 is 0 Å². The fourth-order valence-corrected chi connectivity index (χ4v) is 1.91. The number of likely N-dealkylation sites (N-methyl/N-ethyl adjacent to an activating group) is 1. The molecule has 0 atom stereocenters. The zero-order chi connectivity index (χ0) is 9.68. The highest BCUT2D eigenvalue weighted by Gasteiger charge is 2.06. The molecular weight excluding hydrogens is 206 g/mol. The molecule has 0 aromatic carbocycles. The van der Waals surface area contributed by atoms with Crippen LogP contribution in [0.2, 0.25) is 0 Å². The summed E-state index contributed by atoms with van der Waals surface area (Å²) >= 11 is 6.44. The minimum Gasteiger partial charge on any atom is -0.383 e. The average molecular weight is 219 g/mol. The van der Waals surface area contributed by atoms with Crippen LogP contribution < -0.4 is 4.90 Å². The van der Waals surface area contributed by atoms with Crippen molar-refractivity contribution >= 4 is 28.7 Å². The van der Waals surface area contributed by atoms with Crippen LogP contribution in [0, 0.1) is 3.95 Å². The Morgan fingerprint density at radius 3 is 2.92 bits per heavy atom. The highest BCUT2D eigenvalue weighted by molar-refractivity contribution is 7.73. The Balaban J connectivity index is 2.61. The molecule has 0 radical (unpaired) electrons. The van der Waals surface area contributed by atoms with E-state index in [-0.39, 0.29) is 0 Å². The second-order valence-corrected chi connectivity index (χ2v) is 4.11. The standard InChI is InChI=1S/C7H13N3OS2/c1-3-10(4-5-11-2)6-8-9-7(12)13-6/h3-5H2,1-2H3,(H,9,12). The van der Waals surface area contributed by atoms with E-state index in [1.165, 1.54) is 11.3 Å². The number of ether oxygens (including phenoxy) is 1. The van der Waals surface area contributed by atoms with Gasteiger partial charge >= 0.3 is 0 Å². The lowest BCUT2D eigenvalue weighted by molar-refractivity contribution is 0.205. The Morgan fingerprint density at radius 2 is 2.46 bits per heavy atom. The van der Waals surface area contributed by atoms with Gasteiger partial charge in [0.25, 0.3) is 0 Å². The second-order valence-electron chi connectivity index (χ2n) is 2.47. The van der Waals surface area contributed by atoms with Crippen molar-refractivity contribution in [2.24, 2.45) is 0 Å². The summed E-state index contributed by atoms with van der Waals surface area (Å²) in [4.78, 5) is 2.13. The summed E-state index contributed by atoms with van der Waals surface area (Å²) in [7, 11) is 1.69. The summed E-state index contributed by atoms with van der Waals surface area (Å²) in [6.07, 6.45) is 0. The Hall–Kier alpha value is -0.460. The number of nitrogens with zero attached hydrogens (tertiary/aromatic N) is 2. The molecule has 1 heterocycles. The van der Waals surface area contributed by atoms with Crippen molar-refractivity contribution in [1.29, 1.82) is 0 Å². The average Bonchev–Trinajstić information content (AvgIpc) is 2.54. The summed E-state index contributed by atoms with van der Waals surface area (Å²) in [6.45, 7) is 4.56. The number of hydrogen-bond donors (Lipinski definition) is 1. The van der Waals surface area contributed by atoms with Gasteiger partial charge in [0.05, 0.1) is 6.61 Å². The smallest absolute Gasteiger partial charge is 0.206 e. The van der Waals surface area contributed by atoms with Gasteiger partial charge in [0.2, 0.25) is 5.13 Å². The van der Waals surface area contributed by atoms with Gasteiger partial charge in [-0.15, -0.1) is 5.10 Å². The van der Waals surface area contributed by atoms with Gasteiger partial charge < -0.3 is 9.64 Å². The Kier molecular flexibility index (Phi) is 4.34. The number of aromatic amines is 1. The second kappa shape index (κ2) is 5.31. The molecule has 1 aromatic heterocycles. The van der Waals surface area contributed by atoms with Crippen molar-refractivity contribution in [1.82, 2.24) is 10.2 Å². The van der Waals surface area contributed by atoms with Gasteiger partial charge in [-0.2, -0.15) is 0 Å². The van der Waals surface area contributed by atoms with Crippen LogP contribution in [0.5, 0.6) is 0 Å². The predicted molar refractivity (Wildman–Crippen MR) is 57.1 cm³/mol. The van der Waals surface area contributed by atoms with Crippen LogP contribution in [0.4, 0.5) is 5.13 Å². The molecule has 1 aromatic rings. The summed E-state index contributed by atoms with van der Waals surface area (Å²) in [5, 5.41) is 7.80. The van der Waals surface area contributed by atoms with E-state index in [1.54, 1.807) is 7.11 Å². The topological polar surface area (TPSA) is 41.1 Å². The zero-order valence-electron chi connectivity index (χ0n) is 7.74. The maximum atomic E-state index is 5.00. The Morgan fingerprint density at radius 1 is 1.69 bits per heavy atom. The van der Waals surface area contributed by atoms with E-state index < -0.39 is 0 Å². The first kappa shape index (κ1) is 10.6. The molecule has 6 heteroatoms. The van der Waals surface area contributed by atoms with Gasteiger partial charge in [-0.1, -0.05) is 11.3 Å². The number of anilines is 1. The third kappa shape index (κ3) is 3.06. The summed E-state index contributed by atoms with van der Waals surface area (Å²) < 4.78 is 5.72. The summed E-state index contributed by atoms with van der Waals surface area (Å²) in [5.41, 5.74) is 0. The zero-order valence-corrected chi connectivity index (χ0v) is 9.37. The molecule has 0 unspecified atom stereocenters. The lowest BCUT2D eigenvalue weighted by atomic mass is 10.5. The van der Waals surface area contributed by atoms with E-state index in [1.807, 2.05) is 0 Å². The molecule has 0 bridgehead atoms. The first-order chi connectivity index (χ1) is 6.27. The molecule has 0 aliphatic carbocycles. The molecule has 0 fully saturated rings. The maximum Gasteiger partial charge on any atom is 0.206 e. The van der Waals surface area contributed by atoms with Crippen LogP contribution in [0.25, 0.3) is 0 Å². The van der Waals surface area contributed by atoms with Crippen LogP contribution in [0.3, 0.4) is 0 Å². The normalized spacial score (nSPS) is 10.3. The number of methoxy groups -OCH3 is 1. The van der Waals surface area contributed by atoms with Crippen molar-refractivity contribution in [3.8, 4) is 0 Å². The van der Waals surface area contributed by atoms with Gasteiger partial charge in [-0.25, -0.2) is 0 Å². The molecule has 0 amide bonds. The van der Waals surface area contributed by atoms with Gasteiger partial charge in [0.1, 0.15) is 0 Å². The highest BCUT2D eigenvalue weighted by atomic mass is 32.1. The first-order valence-electron chi connectivity index (χ1n) is 4.07. The van der Waals surface area contributed by atoms with E-state index in [0.29, 0.717) is 10.6 Å². The number of hydrogen-bond acceptors (Lipinski definition) is 5. The molecule has 0 saturated carbocycles. The van der Waals surface area contributed by atoms with E-state index in [9.17, 15) is 0 Å². The molecule has 1 N–H and O–H groups in total. The van der Waals surface area contributed by atoms with Gasteiger partial charge in [-0.3, -0.25) is 5.10 Å². The molecule has 0 aliphatic rings. The van der Waals surface area contributed by atoms with Crippen molar-refractivity contribution in [2.75, 3.05) is 31.7 Å². The number of rotatable bonds is 5. The van der Waals surface area contributed by atoms with Crippen molar-refractivity contribution in [3.05, 3.63) is 3.95 Å². The fourth-order valence-electron chi connectivity index (χ4n) is 0.948. The van der Waals surface area contributed by atoms with Gasteiger partial charge in [0, 0.05) is 20.2 Å². The molecule has 0 saturated heterocycles. The number of nitrogens with one attached hydrogen (secondary N) is 1. The monoisotopic (exact) mass is 219 g/mol. The van der Waals surface area contributed by atoms with E-state index in [0.717, 1.165) is 18.2 Å². The molecule has 13 heavy (non-hydrogen) atoms. The van der Waals surface area contributed by atoms with Crippen LogP contribution in [-0.2, 0) is 4.74 Å². The van der Waals surface area contributed by atoms with Crippen LogP contribution in [0.1, 0.15) is 6.92 Å². The third-order valence-electron chi connectivity index (χ3n) is 1.64. The largest absolute Gasteiger partial charge is 0.383 e. The molecule has 0 aliphatic heterocycles. The predicted octanol–water partition coefficient (Wildman–Crippen LogP) is 1.67. The Bertz CT molecular complexity index is 296. The summed E-state index contributed by atoms with van der Waals surface area (Å²) in [6, 6.07) is 0. The number of aromatic nitrogens is 2. The maximum absolute atomic E-state index is 5.00. The molecule has 74 valence electrons. The van der Waals surface area contributed by atoms with Crippen LogP contribution in [-0.4, -0.2) is 37.0 Å². The van der Waals surface area contributed by atoms with Gasteiger partial charge in [0.15, 0.2) is 3.95 Å². The third-order valence-corrected chi connectivity index (χ3v) is 2.79. The minimum absolute atomic E-state index is 0.709. The van der Waals surface area contributed by atoms with Crippen molar-refractivity contribution < 1.29 is 4.74 Å². The first-order valence-corrected chi connectivity index (χ1v) is 5.29. The quantitative estimate of drug-likeness (QED) is 0.765. The number of H-pyrrole nitrogens is 1. The lowest BCUT2D eigenvalue weighted by Gasteiger charge is -2.17. The van der Waals surface area contributed by atoms with Crippen molar-refractivity contribution in [2.45, 2.75) is 6.92 Å². The van der Waals surface area contributed by atoms with E-state index in [4.69, 9.17) is 17.0 Å². The highest BCUT2D eigenvalue weighted by Crippen LogP contribution is 2.16. The Labute approximate surface area is 86.5 Å². The minimum atomic E-state index is 0.709. The molecule has 4 nitrogen and oxygen atoms in total. The molecular formula is C7H13N3OS2.